The van der Waals surface area contributed by atoms with Crippen molar-refractivity contribution in [1.82, 2.24) is 0 Å². The molecule has 1 heterocycles. The van der Waals surface area contributed by atoms with Crippen LogP contribution in [0.15, 0.2) is 10.2 Å². The van der Waals surface area contributed by atoms with Crippen LogP contribution < -0.4 is 0 Å². The normalized spacial score (nSPS) is 22.4. The van der Waals surface area contributed by atoms with Crippen LogP contribution in [-0.4, -0.2) is 36.7 Å². The third-order valence-electron chi connectivity index (χ3n) is 1.73. The second-order valence-electron chi connectivity index (χ2n) is 4.61. The summed E-state index contributed by atoms with van der Waals surface area (Å²) in [6.45, 7) is 5.67. The van der Waals surface area contributed by atoms with Gasteiger partial charge in [-0.15, -0.1) is 0 Å². The Morgan fingerprint density at radius 1 is 1.50 bits per heavy atom. The molecule has 0 saturated carbocycles. The zero-order valence-electron chi connectivity index (χ0n) is 9.73. The molecule has 0 radical (unpaired) electrons. The fourth-order valence-corrected chi connectivity index (χ4v) is 1.17. The second-order valence-corrected chi connectivity index (χ2v) is 4.61. The third kappa shape index (κ3) is 4.97. The number of amides is 1. The van der Waals surface area contributed by atoms with Gasteiger partial charge in [0.1, 0.15) is 18.2 Å². The van der Waals surface area contributed by atoms with Crippen molar-refractivity contribution in [1.29, 1.82) is 0 Å². The Balaban J connectivity index is 2.41. The summed E-state index contributed by atoms with van der Waals surface area (Å²) in [4.78, 5) is 22.2. The Bertz CT molecular complexity index is 306. The minimum Gasteiger partial charge on any atom is -0.441 e. The third-order valence-corrected chi connectivity index (χ3v) is 1.73. The van der Waals surface area contributed by atoms with Gasteiger partial charge in [0.25, 0.3) is 0 Å². The predicted octanol–water partition coefficient (Wildman–Crippen LogP) is 1.73. The first-order valence-corrected chi connectivity index (χ1v) is 5.10. The zero-order valence-corrected chi connectivity index (χ0v) is 9.73. The van der Waals surface area contributed by atoms with Crippen LogP contribution in [0, 0.1) is 0 Å². The number of rotatable bonds is 1. The van der Waals surface area contributed by atoms with Crippen molar-refractivity contribution in [2.24, 2.45) is 10.2 Å². The average molecular weight is 228 g/mol. The summed E-state index contributed by atoms with van der Waals surface area (Å²) in [6, 6.07) is -0.367. The molecule has 90 valence electrons. The zero-order chi connectivity index (χ0) is 12.2. The summed E-state index contributed by atoms with van der Waals surface area (Å²) < 4.78 is 9.90. The maximum absolute atomic E-state index is 11.2. The lowest BCUT2D eigenvalue weighted by Gasteiger charge is -2.18. The van der Waals surface area contributed by atoms with Crippen LogP contribution >= 0.6 is 0 Å². The van der Waals surface area contributed by atoms with Gasteiger partial charge in [-0.05, 0) is 20.8 Å². The summed E-state index contributed by atoms with van der Waals surface area (Å²) in [5.41, 5.74) is -0.588. The Labute approximate surface area is 94.0 Å². The quantitative estimate of drug-likeness (QED) is 0.640. The predicted molar refractivity (Wildman–Crippen MR) is 55.3 cm³/mol. The molecule has 6 heteroatoms. The van der Waals surface area contributed by atoms with E-state index in [0.717, 1.165) is 0 Å². The van der Waals surface area contributed by atoms with E-state index >= 15 is 0 Å². The van der Waals surface area contributed by atoms with E-state index in [1.165, 1.54) is 0 Å². The number of ketones is 1. The molecule has 1 atom stereocenters. The van der Waals surface area contributed by atoms with Crippen LogP contribution in [0.25, 0.3) is 0 Å². The van der Waals surface area contributed by atoms with E-state index in [1.54, 1.807) is 20.8 Å². The number of ether oxygens (including phenoxy) is 2. The number of hydrogen-bond acceptors (Lipinski definition) is 5. The van der Waals surface area contributed by atoms with Crippen molar-refractivity contribution >= 4 is 11.9 Å². The molecule has 6 nitrogen and oxygen atoms in total. The standard InChI is InChI=1S/C10H16N2O4/c1-10(2,3)16-9(14)12-11-7-4-8(13)6-15-5-7/h7H,4-6H2,1-3H3/t7-/m0/s1. The number of hydrogen-bond donors (Lipinski definition) is 0. The van der Waals surface area contributed by atoms with Crippen molar-refractivity contribution in [2.45, 2.75) is 38.8 Å². The van der Waals surface area contributed by atoms with Crippen molar-refractivity contribution < 1.29 is 19.1 Å². The van der Waals surface area contributed by atoms with E-state index < -0.39 is 11.7 Å². The van der Waals surface area contributed by atoms with Gasteiger partial charge in [-0.1, -0.05) is 5.11 Å². The van der Waals surface area contributed by atoms with Crippen LogP contribution in [0.4, 0.5) is 4.79 Å². The number of carbonyl (C=O) groups excluding carboxylic acids is 2. The van der Waals surface area contributed by atoms with Gasteiger partial charge in [0.05, 0.1) is 6.61 Å². The molecule has 0 aromatic heterocycles. The van der Waals surface area contributed by atoms with Gasteiger partial charge in [-0.3, -0.25) is 4.79 Å². The lowest BCUT2D eigenvalue weighted by atomic mass is 10.1. The molecule has 1 aliphatic rings. The SMILES string of the molecule is CC(C)(C)OC(=O)N=N[C@@H]1COCC(=O)C1. The van der Waals surface area contributed by atoms with E-state index in [-0.39, 0.29) is 24.9 Å². The molecule has 1 saturated heterocycles. The fraction of sp³-hybridized carbons (Fsp3) is 0.800. The minimum atomic E-state index is -0.745. The highest BCUT2D eigenvalue weighted by Gasteiger charge is 2.21. The van der Waals surface area contributed by atoms with Gasteiger partial charge in [0.2, 0.25) is 0 Å². The van der Waals surface area contributed by atoms with Crippen molar-refractivity contribution in [2.75, 3.05) is 13.2 Å². The molecule has 1 rings (SSSR count). The van der Waals surface area contributed by atoms with Gasteiger partial charge >= 0.3 is 6.09 Å². The van der Waals surface area contributed by atoms with Crippen molar-refractivity contribution in [3.8, 4) is 0 Å². The van der Waals surface area contributed by atoms with Crippen LogP contribution in [0.5, 0.6) is 0 Å². The first kappa shape index (κ1) is 12.8. The van der Waals surface area contributed by atoms with E-state index in [1.807, 2.05) is 0 Å². The van der Waals surface area contributed by atoms with Crippen LogP contribution in [-0.2, 0) is 14.3 Å². The highest BCUT2D eigenvalue weighted by Crippen LogP contribution is 2.10. The summed E-state index contributed by atoms with van der Waals surface area (Å²) >= 11 is 0. The molecule has 0 spiro atoms. The van der Waals surface area contributed by atoms with Gasteiger partial charge < -0.3 is 9.47 Å². The Morgan fingerprint density at radius 3 is 2.75 bits per heavy atom. The van der Waals surface area contributed by atoms with Crippen LogP contribution in [0.3, 0.4) is 0 Å². The molecule has 0 N–H and O–H groups in total. The molecular formula is C10H16N2O4. The first-order chi connectivity index (χ1) is 7.37. The summed E-state index contributed by atoms with van der Waals surface area (Å²) in [7, 11) is 0. The largest absolute Gasteiger partial charge is 0.452 e. The monoisotopic (exact) mass is 228 g/mol. The highest BCUT2D eigenvalue weighted by atomic mass is 16.6. The minimum absolute atomic E-state index is 0.0283. The molecular weight excluding hydrogens is 212 g/mol. The van der Waals surface area contributed by atoms with Crippen molar-refractivity contribution in [3.63, 3.8) is 0 Å². The maximum Gasteiger partial charge on any atom is 0.452 e. The first-order valence-electron chi connectivity index (χ1n) is 5.10. The van der Waals surface area contributed by atoms with E-state index in [9.17, 15) is 9.59 Å². The number of azo groups is 1. The lowest BCUT2D eigenvalue weighted by Crippen LogP contribution is -2.28. The Morgan fingerprint density at radius 2 is 2.19 bits per heavy atom. The average Bonchev–Trinajstić information content (AvgIpc) is 2.12. The van der Waals surface area contributed by atoms with Gasteiger partial charge in [-0.2, -0.15) is 5.11 Å². The van der Waals surface area contributed by atoms with E-state index in [2.05, 4.69) is 10.2 Å². The van der Waals surface area contributed by atoms with E-state index in [4.69, 9.17) is 9.47 Å². The van der Waals surface area contributed by atoms with Crippen LogP contribution in [0.2, 0.25) is 0 Å². The smallest absolute Gasteiger partial charge is 0.441 e. The van der Waals surface area contributed by atoms with Crippen molar-refractivity contribution in [3.05, 3.63) is 0 Å². The molecule has 0 aromatic rings. The van der Waals surface area contributed by atoms with E-state index in [0.29, 0.717) is 6.61 Å². The Hall–Kier alpha value is -1.30. The molecule has 16 heavy (non-hydrogen) atoms. The number of nitrogens with zero attached hydrogens (tertiary/aromatic N) is 2. The van der Waals surface area contributed by atoms with Crippen LogP contribution in [0.1, 0.15) is 27.2 Å². The lowest BCUT2D eigenvalue weighted by molar-refractivity contribution is -0.127. The molecule has 0 bridgehead atoms. The van der Waals surface area contributed by atoms with Gasteiger partial charge in [-0.25, -0.2) is 4.79 Å². The molecule has 0 aromatic carbocycles. The summed E-state index contributed by atoms with van der Waals surface area (Å²) in [5.74, 6) is -0.0283. The maximum atomic E-state index is 11.2. The summed E-state index contributed by atoms with van der Waals surface area (Å²) in [6.07, 6.45) is -0.475. The molecule has 0 aliphatic carbocycles. The topological polar surface area (TPSA) is 77.3 Å². The second kappa shape index (κ2) is 5.16. The van der Waals surface area contributed by atoms with Gasteiger partial charge in [0, 0.05) is 6.42 Å². The fourth-order valence-electron chi connectivity index (χ4n) is 1.17. The molecule has 1 aliphatic heterocycles. The summed E-state index contributed by atoms with van der Waals surface area (Å²) in [5, 5.41) is 7.12. The molecule has 1 fully saturated rings. The molecule has 0 unspecified atom stereocenters. The number of Topliss-reactive ketones (excluding diaryl/α,β-unsaturated/α-hetero) is 1. The highest BCUT2D eigenvalue weighted by molar-refractivity contribution is 5.80. The Kier molecular flexibility index (Phi) is 4.12. The molecule has 1 amide bonds. The van der Waals surface area contributed by atoms with Gasteiger partial charge in [0.15, 0.2) is 5.78 Å². The number of carbonyl (C=O) groups is 2.